The van der Waals surface area contributed by atoms with Gasteiger partial charge in [-0.3, -0.25) is 4.79 Å². The van der Waals surface area contributed by atoms with E-state index in [1.54, 1.807) is 0 Å². The van der Waals surface area contributed by atoms with E-state index in [0.717, 1.165) is 12.1 Å². The van der Waals surface area contributed by atoms with Crippen LogP contribution in [-0.2, 0) is 11.3 Å². The van der Waals surface area contributed by atoms with Gasteiger partial charge >= 0.3 is 0 Å². The number of carbonyl (C=O) groups is 1. The first kappa shape index (κ1) is 18.3. The topological polar surface area (TPSA) is 73.6 Å². The summed E-state index contributed by atoms with van der Waals surface area (Å²) in [7, 11) is 0. The van der Waals surface area contributed by atoms with Gasteiger partial charge in [0.25, 0.3) is 5.91 Å². The Morgan fingerprint density at radius 2 is 1.95 bits per heavy atom. The van der Waals surface area contributed by atoms with Crippen LogP contribution in [-0.4, -0.2) is 25.2 Å². The van der Waals surface area contributed by atoms with Crippen LogP contribution in [0.1, 0.15) is 40.2 Å². The summed E-state index contributed by atoms with van der Waals surface area (Å²) < 4.78 is 10.9. The Morgan fingerprint density at radius 1 is 1.27 bits per heavy atom. The monoisotopic (exact) mass is 308 g/mol. The quantitative estimate of drug-likeness (QED) is 0.774. The molecule has 0 spiro atoms. The summed E-state index contributed by atoms with van der Waals surface area (Å²) in [5.41, 5.74) is 6.41. The second kappa shape index (κ2) is 8.03. The minimum atomic E-state index is -0.507. The number of amides is 1. The van der Waals surface area contributed by atoms with Crippen molar-refractivity contribution in [2.75, 3.05) is 13.2 Å². The van der Waals surface area contributed by atoms with Crippen molar-refractivity contribution in [1.29, 1.82) is 0 Å². The van der Waals surface area contributed by atoms with Gasteiger partial charge in [0.1, 0.15) is 0 Å². The first-order valence-electron chi connectivity index (χ1n) is 7.64. The van der Waals surface area contributed by atoms with Gasteiger partial charge in [-0.05, 0) is 37.0 Å². The maximum atomic E-state index is 10.8. The third-order valence-corrected chi connectivity index (χ3v) is 3.59. The summed E-state index contributed by atoms with van der Waals surface area (Å²) >= 11 is 0. The molecule has 0 aliphatic rings. The van der Waals surface area contributed by atoms with Gasteiger partial charge in [0, 0.05) is 12.6 Å². The van der Waals surface area contributed by atoms with Crippen molar-refractivity contribution in [1.82, 2.24) is 5.32 Å². The highest BCUT2D eigenvalue weighted by atomic mass is 16.5. The molecule has 1 atom stereocenters. The van der Waals surface area contributed by atoms with E-state index in [4.69, 9.17) is 15.2 Å². The van der Waals surface area contributed by atoms with E-state index in [9.17, 15) is 4.79 Å². The molecule has 0 saturated carbocycles. The van der Waals surface area contributed by atoms with Crippen LogP contribution in [0.5, 0.6) is 11.5 Å². The van der Waals surface area contributed by atoms with Crippen LogP contribution in [0.2, 0.25) is 0 Å². The van der Waals surface area contributed by atoms with Crippen molar-refractivity contribution in [3.05, 3.63) is 23.8 Å². The van der Waals surface area contributed by atoms with Gasteiger partial charge in [-0.25, -0.2) is 0 Å². The maximum Gasteiger partial charge on any atom is 0.255 e. The first-order valence-corrected chi connectivity index (χ1v) is 7.64. The van der Waals surface area contributed by atoms with E-state index in [1.807, 2.05) is 25.1 Å². The fourth-order valence-corrected chi connectivity index (χ4v) is 1.78. The van der Waals surface area contributed by atoms with E-state index in [-0.39, 0.29) is 12.0 Å². The number of nitrogens with two attached hydrogens (primary N) is 1. The Kier molecular flexibility index (Phi) is 6.68. The standard InChI is InChI=1S/C17H28N2O3/c1-6-21-15-9-13(10-19-12(2)17(3,4)5)7-8-14(15)22-11-16(18)20/h7-9,12,19H,6,10-11H2,1-5H3,(H2,18,20)/t12-/m0/s1. The van der Waals surface area contributed by atoms with E-state index in [1.165, 1.54) is 0 Å². The summed E-state index contributed by atoms with van der Waals surface area (Å²) in [6.45, 7) is 11.8. The lowest BCUT2D eigenvalue weighted by Gasteiger charge is -2.28. The molecular formula is C17H28N2O3. The first-order chi connectivity index (χ1) is 10.2. The van der Waals surface area contributed by atoms with Crippen molar-refractivity contribution >= 4 is 5.91 Å². The van der Waals surface area contributed by atoms with Crippen LogP contribution in [0.15, 0.2) is 18.2 Å². The molecule has 1 rings (SSSR count). The Bertz CT molecular complexity index is 495. The lowest BCUT2D eigenvalue weighted by molar-refractivity contribution is -0.119. The van der Waals surface area contributed by atoms with Crippen LogP contribution in [0.3, 0.4) is 0 Å². The summed E-state index contributed by atoms with van der Waals surface area (Å²) in [5, 5.41) is 3.51. The molecule has 0 radical (unpaired) electrons. The number of primary amides is 1. The van der Waals surface area contributed by atoms with Crippen molar-refractivity contribution in [3.8, 4) is 11.5 Å². The molecule has 0 aliphatic carbocycles. The van der Waals surface area contributed by atoms with Crippen LogP contribution in [0.25, 0.3) is 0 Å². The van der Waals surface area contributed by atoms with Crippen LogP contribution in [0.4, 0.5) is 0 Å². The number of hydrogen-bond acceptors (Lipinski definition) is 4. The Hall–Kier alpha value is -1.75. The Balaban J connectivity index is 2.77. The third kappa shape index (κ3) is 5.93. The average Bonchev–Trinajstić information content (AvgIpc) is 2.42. The van der Waals surface area contributed by atoms with E-state index in [2.05, 4.69) is 33.0 Å². The average molecular weight is 308 g/mol. The molecule has 0 heterocycles. The number of ether oxygens (including phenoxy) is 2. The predicted molar refractivity (Wildman–Crippen MR) is 88.1 cm³/mol. The molecule has 0 aliphatic heterocycles. The summed E-state index contributed by atoms with van der Waals surface area (Å²) in [6, 6.07) is 6.09. The van der Waals surface area contributed by atoms with Crippen LogP contribution in [0, 0.1) is 5.41 Å². The van der Waals surface area contributed by atoms with Crippen molar-refractivity contribution in [2.24, 2.45) is 11.1 Å². The fourth-order valence-electron chi connectivity index (χ4n) is 1.78. The van der Waals surface area contributed by atoms with Crippen molar-refractivity contribution < 1.29 is 14.3 Å². The lowest BCUT2D eigenvalue weighted by atomic mass is 9.88. The summed E-state index contributed by atoms with van der Waals surface area (Å²) in [5.74, 6) is 0.659. The second-order valence-electron chi connectivity index (χ2n) is 6.44. The number of rotatable bonds is 8. The molecule has 1 aromatic carbocycles. The smallest absolute Gasteiger partial charge is 0.255 e. The lowest BCUT2D eigenvalue weighted by Crippen LogP contribution is -2.37. The zero-order valence-electron chi connectivity index (χ0n) is 14.2. The molecule has 3 N–H and O–H groups in total. The normalized spacial score (nSPS) is 12.8. The van der Waals surface area contributed by atoms with E-state index < -0.39 is 5.91 Å². The van der Waals surface area contributed by atoms with E-state index >= 15 is 0 Å². The van der Waals surface area contributed by atoms with Crippen molar-refractivity contribution in [2.45, 2.75) is 47.2 Å². The molecule has 1 aromatic rings. The summed E-state index contributed by atoms with van der Waals surface area (Å²) in [6.07, 6.45) is 0. The molecule has 0 saturated heterocycles. The molecule has 0 fully saturated rings. The molecule has 124 valence electrons. The fraction of sp³-hybridized carbons (Fsp3) is 0.588. The molecule has 22 heavy (non-hydrogen) atoms. The zero-order valence-corrected chi connectivity index (χ0v) is 14.2. The molecule has 0 bridgehead atoms. The minimum Gasteiger partial charge on any atom is -0.490 e. The third-order valence-electron chi connectivity index (χ3n) is 3.59. The van der Waals surface area contributed by atoms with Gasteiger partial charge in [0.15, 0.2) is 18.1 Å². The SMILES string of the molecule is CCOc1cc(CN[C@@H](C)C(C)(C)C)ccc1OCC(N)=O. The molecule has 0 aromatic heterocycles. The van der Waals surface area contributed by atoms with Gasteiger partial charge < -0.3 is 20.5 Å². The van der Waals surface area contributed by atoms with Gasteiger partial charge in [-0.1, -0.05) is 26.8 Å². The minimum absolute atomic E-state index is 0.154. The second-order valence-corrected chi connectivity index (χ2v) is 6.44. The molecule has 5 heteroatoms. The van der Waals surface area contributed by atoms with E-state index in [0.29, 0.717) is 24.1 Å². The largest absolute Gasteiger partial charge is 0.490 e. The number of benzene rings is 1. The highest BCUT2D eigenvalue weighted by Gasteiger charge is 2.19. The molecule has 5 nitrogen and oxygen atoms in total. The van der Waals surface area contributed by atoms with Crippen LogP contribution < -0.4 is 20.5 Å². The Labute approximate surface area is 133 Å². The summed E-state index contributed by atoms with van der Waals surface area (Å²) in [4.78, 5) is 10.8. The Morgan fingerprint density at radius 3 is 2.50 bits per heavy atom. The predicted octanol–water partition coefficient (Wildman–Crippen LogP) is 2.47. The van der Waals surface area contributed by atoms with Gasteiger partial charge in [-0.15, -0.1) is 0 Å². The highest BCUT2D eigenvalue weighted by molar-refractivity contribution is 5.75. The van der Waals surface area contributed by atoms with Gasteiger partial charge in [0.05, 0.1) is 6.61 Å². The zero-order chi connectivity index (χ0) is 16.8. The van der Waals surface area contributed by atoms with Crippen LogP contribution >= 0.6 is 0 Å². The molecular weight excluding hydrogens is 280 g/mol. The molecule has 0 unspecified atom stereocenters. The number of nitrogens with one attached hydrogen (secondary N) is 1. The number of carbonyl (C=O) groups excluding carboxylic acids is 1. The molecule has 1 amide bonds. The van der Waals surface area contributed by atoms with Crippen molar-refractivity contribution in [3.63, 3.8) is 0 Å². The highest BCUT2D eigenvalue weighted by Crippen LogP contribution is 2.29. The number of hydrogen-bond donors (Lipinski definition) is 2. The maximum absolute atomic E-state index is 10.8. The van der Waals surface area contributed by atoms with Gasteiger partial charge in [-0.2, -0.15) is 0 Å². The van der Waals surface area contributed by atoms with Gasteiger partial charge in [0.2, 0.25) is 0 Å².